The highest BCUT2D eigenvalue weighted by Gasteiger charge is 2.23. The minimum absolute atomic E-state index is 0.104. The largest absolute Gasteiger partial charge is 0.462 e. The fourth-order valence-corrected chi connectivity index (χ4v) is 4.48. The Bertz CT molecular complexity index is 782. The summed E-state index contributed by atoms with van der Waals surface area (Å²) in [5.41, 5.74) is 1.54. The number of benzene rings is 1. The molecule has 1 aliphatic rings. The molecule has 0 radical (unpaired) electrons. The number of hydrogen-bond acceptors (Lipinski definition) is 5. The number of nitrogens with one attached hydrogen (secondary N) is 1. The standard InChI is InChI=1S/C21H26N2O3S/c1-3-26-21(25)20-17(13-18(27-20)15-9-5-4-6-10-15)22-19(24)14-23(2)16-11-7-8-12-16/h4-6,9-10,13,16H,3,7-8,11-12,14H2,1-2H3,(H,22,24). The van der Waals surface area contributed by atoms with Crippen molar-refractivity contribution in [1.29, 1.82) is 0 Å². The van der Waals surface area contributed by atoms with Gasteiger partial charge in [-0.3, -0.25) is 9.69 Å². The number of carbonyl (C=O) groups excluding carboxylic acids is 2. The van der Waals surface area contributed by atoms with Crippen molar-refractivity contribution in [1.82, 2.24) is 4.90 Å². The Labute approximate surface area is 164 Å². The summed E-state index contributed by atoms with van der Waals surface area (Å²) in [6.07, 6.45) is 4.76. The van der Waals surface area contributed by atoms with Crippen molar-refractivity contribution in [2.75, 3.05) is 25.5 Å². The summed E-state index contributed by atoms with van der Waals surface area (Å²) in [5, 5.41) is 2.92. The van der Waals surface area contributed by atoms with E-state index in [0.717, 1.165) is 23.3 Å². The molecule has 144 valence electrons. The molecule has 0 saturated heterocycles. The monoisotopic (exact) mass is 386 g/mol. The van der Waals surface area contributed by atoms with Gasteiger partial charge in [-0.15, -0.1) is 11.3 Å². The molecule has 27 heavy (non-hydrogen) atoms. The number of rotatable bonds is 7. The van der Waals surface area contributed by atoms with Gasteiger partial charge in [-0.05, 0) is 38.4 Å². The zero-order chi connectivity index (χ0) is 19.2. The van der Waals surface area contributed by atoms with Crippen molar-refractivity contribution in [3.8, 4) is 10.4 Å². The molecule has 3 rings (SSSR count). The quantitative estimate of drug-likeness (QED) is 0.717. The summed E-state index contributed by atoms with van der Waals surface area (Å²) in [6, 6.07) is 12.2. The molecule has 1 aromatic heterocycles. The second-order valence-corrected chi connectivity index (χ2v) is 7.89. The lowest BCUT2D eigenvalue weighted by Crippen LogP contribution is -2.36. The van der Waals surface area contributed by atoms with Gasteiger partial charge in [0.1, 0.15) is 4.88 Å². The number of ether oxygens (including phenoxy) is 1. The number of nitrogens with zero attached hydrogens (tertiary/aromatic N) is 1. The van der Waals surface area contributed by atoms with E-state index in [1.807, 2.05) is 43.4 Å². The zero-order valence-electron chi connectivity index (χ0n) is 15.9. The first-order valence-corrected chi connectivity index (χ1v) is 10.3. The predicted octanol–water partition coefficient (Wildman–Crippen LogP) is 4.40. The molecular weight excluding hydrogens is 360 g/mol. The average Bonchev–Trinajstić information content (AvgIpc) is 3.33. The van der Waals surface area contributed by atoms with Gasteiger partial charge in [0.05, 0.1) is 18.8 Å². The van der Waals surface area contributed by atoms with Crippen LogP contribution in [0.25, 0.3) is 10.4 Å². The van der Waals surface area contributed by atoms with Crippen LogP contribution >= 0.6 is 11.3 Å². The van der Waals surface area contributed by atoms with Crippen molar-refractivity contribution in [3.63, 3.8) is 0 Å². The van der Waals surface area contributed by atoms with Crippen LogP contribution in [0.4, 0.5) is 5.69 Å². The molecule has 1 fully saturated rings. The number of hydrogen-bond donors (Lipinski definition) is 1. The Balaban J connectivity index is 1.76. The third-order valence-electron chi connectivity index (χ3n) is 4.87. The molecule has 1 amide bonds. The van der Waals surface area contributed by atoms with Crippen LogP contribution in [0, 0.1) is 0 Å². The minimum Gasteiger partial charge on any atom is -0.462 e. The van der Waals surface area contributed by atoms with Crippen molar-refractivity contribution >= 4 is 28.9 Å². The van der Waals surface area contributed by atoms with E-state index >= 15 is 0 Å². The predicted molar refractivity (Wildman–Crippen MR) is 109 cm³/mol. The van der Waals surface area contributed by atoms with E-state index in [1.54, 1.807) is 6.92 Å². The van der Waals surface area contributed by atoms with E-state index in [2.05, 4.69) is 10.2 Å². The van der Waals surface area contributed by atoms with Gasteiger partial charge in [0.25, 0.3) is 0 Å². The molecule has 1 N–H and O–H groups in total. The summed E-state index contributed by atoms with van der Waals surface area (Å²) in [5.74, 6) is -0.503. The lowest BCUT2D eigenvalue weighted by molar-refractivity contribution is -0.117. The first-order chi connectivity index (χ1) is 13.1. The normalized spacial score (nSPS) is 14.5. The summed E-state index contributed by atoms with van der Waals surface area (Å²) in [7, 11) is 1.99. The van der Waals surface area contributed by atoms with Gasteiger partial charge in [0, 0.05) is 10.9 Å². The molecule has 0 atom stereocenters. The number of carbonyl (C=O) groups is 2. The molecule has 0 aliphatic heterocycles. The van der Waals surface area contributed by atoms with Crippen LogP contribution in [0.15, 0.2) is 36.4 Å². The molecule has 0 bridgehead atoms. The summed E-state index contributed by atoms with van der Waals surface area (Å²) in [4.78, 5) is 28.4. The zero-order valence-corrected chi connectivity index (χ0v) is 16.7. The maximum Gasteiger partial charge on any atom is 0.350 e. The first-order valence-electron chi connectivity index (χ1n) is 9.45. The second kappa shape index (κ2) is 9.15. The van der Waals surface area contributed by atoms with Gasteiger partial charge in [-0.1, -0.05) is 43.2 Å². The minimum atomic E-state index is -0.399. The van der Waals surface area contributed by atoms with Crippen molar-refractivity contribution in [3.05, 3.63) is 41.3 Å². The highest BCUT2D eigenvalue weighted by molar-refractivity contribution is 7.18. The maximum absolute atomic E-state index is 12.6. The molecule has 1 saturated carbocycles. The van der Waals surface area contributed by atoms with Crippen LogP contribution in [-0.4, -0.2) is 43.0 Å². The van der Waals surface area contributed by atoms with Crippen LogP contribution in [-0.2, 0) is 9.53 Å². The Hall–Kier alpha value is -2.18. The fourth-order valence-electron chi connectivity index (χ4n) is 3.47. The molecule has 5 nitrogen and oxygen atoms in total. The van der Waals surface area contributed by atoms with Crippen LogP contribution in [0.2, 0.25) is 0 Å². The van der Waals surface area contributed by atoms with Crippen molar-refractivity contribution in [2.45, 2.75) is 38.6 Å². The van der Waals surface area contributed by atoms with Gasteiger partial charge in [0.2, 0.25) is 5.91 Å². The highest BCUT2D eigenvalue weighted by Crippen LogP contribution is 2.35. The van der Waals surface area contributed by atoms with E-state index in [-0.39, 0.29) is 5.91 Å². The summed E-state index contributed by atoms with van der Waals surface area (Å²) in [6.45, 7) is 2.40. The van der Waals surface area contributed by atoms with E-state index in [0.29, 0.717) is 29.8 Å². The molecule has 2 aromatic rings. The SMILES string of the molecule is CCOC(=O)c1sc(-c2ccccc2)cc1NC(=O)CN(C)C1CCCC1. The lowest BCUT2D eigenvalue weighted by atomic mass is 10.2. The van der Waals surface area contributed by atoms with Crippen LogP contribution in [0.3, 0.4) is 0 Å². The Morgan fingerprint density at radius 1 is 1.22 bits per heavy atom. The summed E-state index contributed by atoms with van der Waals surface area (Å²) >= 11 is 1.34. The molecule has 6 heteroatoms. The number of thiophene rings is 1. The number of anilines is 1. The van der Waals surface area contributed by atoms with Crippen LogP contribution in [0.1, 0.15) is 42.3 Å². The number of esters is 1. The highest BCUT2D eigenvalue weighted by atomic mass is 32.1. The van der Waals surface area contributed by atoms with E-state index in [4.69, 9.17) is 4.74 Å². The van der Waals surface area contributed by atoms with Gasteiger partial charge in [-0.2, -0.15) is 0 Å². The van der Waals surface area contributed by atoms with Gasteiger partial charge in [-0.25, -0.2) is 4.79 Å². The molecule has 0 spiro atoms. The molecule has 1 aliphatic carbocycles. The van der Waals surface area contributed by atoms with E-state index in [9.17, 15) is 9.59 Å². The molecule has 1 heterocycles. The Morgan fingerprint density at radius 2 is 1.93 bits per heavy atom. The Morgan fingerprint density at radius 3 is 2.59 bits per heavy atom. The molecule has 1 aromatic carbocycles. The van der Waals surface area contributed by atoms with Crippen molar-refractivity contribution < 1.29 is 14.3 Å². The maximum atomic E-state index is 12.6. The van der Waals surface area contributed by atoms with Crippen LogP contribution < -0.4 is 5.32 Å². The smallest absolute Gasteiger partial charge is 0.350 e. The lowest BCUT2D eigenvalue weighted by Gasteiger charge is -2.23. The Kier molecular flexibility index (Phi) is 6.63. The topological polar surface area (TPSA) is 58.6 Å². The molecule has 0 unspecified atom stereocenters. The summed E-state index contributed by atoms with van der Waals surface area (Å²) < 4.78 is 5.17. The van der Waals surface area contributed by atoms with Gasteiger partial charge in [0.15, 0.2) is 0 Å². The van der Waals surface area contributed by atoms with E-state index in [1.165, 1.54) is 24.2 Å². The third kappa shape index (κ3) is 4.96. The molecular formula is C21H26N2O3S. The second-order valence-electron chi connectivity index (χ2n) is 6.84. The van der Waals surface area contributed by atoms with Gasteiger partial charge < -0.3 is 10.1 Å². The number of likely N-dealkylation sites (N-methyl/N-ethyl adjacent to an activating group) is 1. The fraction of sp³-hybridized carbons (Fsp3) is 0.429. The van der Waals surface area contributed by atoms with Gasteiger partial charge >= 0.3 is 5.97 Å². The number of amides is 1. The van der Waals surface area contributed by atoms with Crippen LogP contribution in [0.5, 0.6) is 0 Å². The average molecular weight is 387 g/mol. The third-order valence-corrected chi connectivity index (χ3v) is 6.03. The van der Waals surface area contributed by atoms with Crippen molar-refractivity contribution in [2.24, 2.45) is 0 Å². The van der Waals surface area contributed by atoms with E-state index < -0.39 is 5.97 Å². The first kappa shape index (κ1) is 19.6.